The molecule has 1 aliphatic heterocycles. The highest BCUT2D eigenvalue weighted by atomic mass is 35.5. The van der Waals surface area contributed by atoms with Gasteiger partial charge in [-0.25, -0.2) is 0 Å². The van der Waals surface area contributed by atoms with Crippen LogP contribution < -0.4 is 21.3 Å². The highest BCUT2D eigenvalue weighted by molar-refractivity contribution is 5.98. The molecule has 38 heavy (non-hydrogen) atoms. The molecule has 0 spiro atoms. The van der Waals surface area contributed by atoms with Crippen molar-refractivity contribution < 1.29 is 0 Å². The van der Waals surface area contributed by atoms with Crippen molar-refractivity contribution in [2.75, 3.05) is 49.1 Å². The lowest BCUT2D eigenvalue weighted by molar-refractivity contribution is 0.653. The molecule has 1 saturated heterocycles. The summed E-state index contributed by atoms with van der Waals surface area (Å²) in [6, 6.07) is 17.1. The fraction of sp³-hybridized carbons (Fsp3) is 0.533. The van der Waals surface area contributed by atoms with Crippen LogP contribution in [0.4, 0.5) is 11.4 Å². The summed E-state index contributed by atoms with van der Waals surface area (Å²) in [7, 11) is 0. The molecule has 0 saturated carbocycles. The monoisotopic (exact) mass is 562 g/mol. The van der Waals surface area contributed by atoms with Gasteiger partial charge in [-0.3, -0.25) is 9.98 Å². The van der Waals surface area contributed by atoms with Crippen LogP contribution in [0, 0.1) is 0 Å². The van der Waals surface area contributed by atoms with Crippen LogP contribution >= 0.6 is 24.8 Å². The van der Waals surface area contributed by atoms with E-state index in [9.17, 15) is 0 Å². The summed E-state index contributed by atoms with van der Waals surface area (Å²) in [5, 5.41) is 0. The lowest BCUT2D eigenvalue weighted by Crippen LogP contribution is -2.46. The summed E-state index contributed by atoms with van der Waals surface area (Å²) in [6.07, 6.45) is 9.69. The molecule has 2 aromatic carbocycles. The quantitative estimate of drug-likeness (QED) is 0.158. The van der Waals surface area contributed by atoms with Crippen molar-refractivity contribution >= 4 is 47.9 Å². The van der Waals surface area contributed by atoms with Crippen LogP contribution in [0.25, 0.3) is 0 Å². The van der Waals surface area contributed by atoms with Gasteiger partial charge in [0.05, 0.1) is 0 Å². The molecule has 1 aliphatic rings. The van der Waals surface area contributed by atoms with Crippen LogP contribution in [0.1, 0.15) is 76.3 Å². The SMILES string of the molecule is CCCCCCN=C(N)c1ccc(N2CCN(c3ccc(C(N)=NCCCCCC)cc3)CC2)cc1.Cl.Cl. The molecule has 6 nitrogen and oxygen atoms in total. The number of rotatable bonds is 14. The topological polar surface area (TPSA) is 83.2 Å². The van der Waals surface area contributed by atoms with Gasteiger partial charge in [-0.05, 0) is 61.4 Å². The Hall–Kier alpha value is -2.44. The normalized spacial score (nSPS) is 14.2. The minimum Gasteiger partial charge on any atom is -0.384 e. The first-order valence-electron chi connectivity index (χ1n) is 13.9. The number of aliphatic imine (C=N–C) groups is 2. The Morgan fingerprint density at radius 2 is 0.921 bits per heavy atom. The minimum absolute atomic E-state index is 0. The third-order valence-electron chi connectivity index (χ3n) is 6.92. The Kier molecular flexibility index (Phi) is 16.6. The molecule has 1 heterocycles. The van der Waals surface area contributed by atoms with Crippen LogP contribution in [0.3, 0.4) is 0 Å². The Morgan fingerprint density at radius 3 is 1.24 bits per heavy atom. The maximum absolute atomic E-state index is 6.21. The number of unbranched alkanes of at least 4 members (excludes halogenated alkanes) is 6. The lowest BCUT2D eigenvalue weighted by atomic mass is 10.1. The van der Waals surface area contributed by atoms with E-state index in [1.54, 1.807) is 0 Å². The van der Waals surface area contributed by atoms with Crippen LogP contribution in [0.2, 0.25) is 0 Å². The van der Waals surface area contributed by atoms with Gasteiger partial charge >= 0.3 is 0 Å². The Morgan fingerprint density at radius 1 is 0.579 bits per heavy atom. The second kappa shape index (κ2) is 18.8. The molecule has 212 valence electrons. The summed E-state index contributed by atoms with van der Waals surface area (Å²) in [5.41, 5.74) is 16.9. The van der Waals surface area contributed by atoms with E-state index in [0.717, 1.165) is 63.2 Å². The van der Waals surface area contributed by atoms with Crippen LogP contribution in [0.5, 0.6) is 0 Å². The summed E-state index contributed by atoms with van der Waals surface area (Å²) in [5.74, 6) is 1.29. The first kappa shape index (κ1) is 33.6. The van der Waals surface area contributed by atoms with Crippen LogP contribution in [-0.4, -0.2) is 50.9 Å². The van der Waals surface area contributed by atoms with Crippen molar-refractivity contribution in [2.24, 2.45) is 21.5 Å². The Bertz CT molecular complexity index is 872. The number of nitrogens with zero attached hydrogens (tertiary/aromatic N) is 4. The molecule has 8 heteroatoms. The average Bonchev–Trinajstić information content (AvgIpc) is 2.93. The van der Waals surface area contributed by atoms with E-state index in [4.69, 9.17) is 11.5 Å². The summed E-state index contributed by atoms with van der Waals surface area (Å²) in [6.45, 7) is 10.0. The van der Waals surface area contributed by atoms with Crippen molar-refractivity contribution in [3.8, 4) is 0 Å². The molecule has 0 radical (unpaired) electrons. The molecule has 0 aliphatic carbocycles. The zero-order valence-electron chi connectivity index (χ0n) is 23.3. The van der Waals surface area contributed by atoms with Gasteiger partial charge in [-0.15, -0.1) is 24.8 Å². The number of nitrogens with two attached hydrogens (primary N) is 2. The van der Waals surface area contributed by atoms with E-state index in [1.165, 1.54) is 49.9 Å². The molecule has 2 aromatic rings. The van der Waals surface area contributed by atoms with Gasteiger partial charge in [0.2, 0.25) is 0 Å². The van der Waals surface area contributed by atoms with Gasteiger partial charge in [0.25, 0.3) is 0 Å². The maximum Gasteiger partial charge on any atom is 0.125 e. The molecular formula is C30H48Cl2N6. The van der Waals surface area contributed by atoms with Gasteiger partial charge < -0.3 is 21.3 Å². The molecule has 3 rings (SSSR count). The summed E-state index contributed by atoms with van der Waals surface area (Å²) in [4.78, 5) is 14.0. The first-order chi connectivity index (χ1) is 17.6. The van der Waals surface area contributed by atoms with Gasteiger partial charge in [0.15, 0.2) is 0 Å². The van der Waals surface area contributed by atoms with Gasteiger partial charge in [0.1, 0.15) is 11.7 Å². The highest BCUT2D eigenvalue weighted by Crippen LogP contribution is 2.22. The largest absolute Gasteiger partial charge is 0.384 e. The van der Waals surface area contributed by atoms with Crippen molar-refractivity contribution in [1.29, 1.82) is 0 Å². The van der Waals surface area contributed by atoms with Gasteiger partial charge in [0, 0.05) is 61.8 Å². The predicted octanol–water partition coefficient (Wildman–Crippen LogP) is 6.43. The van der Waals surface area contributed by atoms with E-state index < -0.39 is 0 Å². The predicted molar refractivity (Wildman–Crippen MR) is 171 cm³/mol. The second-order valence-electron chi connectivity index (χ2n) is 9.72. The smallest absolute Gasteiger partial charge is 0.125 e. The first-order valence-corrected chi connectivity index (χ1v) is 13.9. The third kappa shape index (κ3) is 10.7. The van der Waals surface area contributed by atoms with E-state index >= 15 is 0 Å². The zero-order chi connectivity index (χ0) is 25.6. The molecule has 4 N–H and O–H groups in total. The van der Waals surface area contributed by atoms with Gasteiger partial charge in [-0.1, -0.05) is 52.4 Å². The molecule has 1 fully saturated rings. The standard InChI is InChI=1S/C30H46N6.2ClH/c1-3-5-7-9-19-33-29(31)25-11-15-27(16-12-25)35-21-23-36(24-22-35)28-17-13-26(14-18-28)30(32)34-20-10-8-6-4-2;;/h11-18H,3-10,19-24H2,1-2H3,(H2,31,33)(H2,32,34);2*1H. The number of hydrogen-bond acceptors (Lipinski definition) is 4. The minimum atomic E-state index is 0. The highest BCUT2D eigenvalue weighted by Gasteiger charge is 2.18. The van der Waals surface area contributed by atoms with Crippen LogP contribution in [0.15, 0.2) is 58.5 Å². The number of piperazine rings is 1. The number of anilines is 2. The average molecular weight is 564 g/mol. The fourth-order valence-corrected chi connectivity index (χ4v) is 4.57. The molecule has 0 aromatic heterocycles. The summed E-state index contributed by atoms with van der Waals surface area (Å²) >= 11 is 0. The van der Waals surface area contributed by atoms with Crippen molar-refractivity contribution in [1.82, 2.24) is 0 Å². The number of hydrogen-bond donors (Lipinski definition) is 2. The Balaban J connectivity index is 0.00000361. The molecule has 0 atom stereocenters. The number of benzene rings is 2. The maximum atomic E-state index is 6.21. The molecule has 0 bridgehead atoms. The zero-order valence-corrected chi connectivity index (χ0v) is 24.9. The van der Waals surface area contributed by atoms with Crippen molar-refractivity contribution in [3.63, 3.8) is 0 Å². The lowest BCUT2D eigenvalue weighted by Gasteiger charge is -2.37. The number of halogens is 2. The Labute approximate surface area is 242 Å². The third-order valence-corrected chi connectivity index (χ3v) is 6.92. The van der Waals surface area contributed by atoms with Crippen molar-refractivity contribution in [2.45, 2.75) is 65.2 Å². The number of amidine groups is 2. The molecule has 0 unspecified atom stereocenters. The van der Waals surface area contributed by atoms with E-state index in [-0.39, 0.29) is 24.8 Å². The van der Waals surface area contributed by atoms with E-state index in [0.29, 0.717) is 11.7 Å². The van der Waals surface area contributed by atoms with Crippen molar-refractivity contribution in [3.05, 3.63) is 59.7 Å². The van der Waals surface area contributed by atoms with E-state index in [1.807, 2.05) is 0 Å². The van der Waals surface area contributed by atoms with Crippen LogP contribution in [-0.2, 0) is 0 Å². The fourth-order valence-electron chi connectivity index (χ4n) is 4.57. The van der Waals surface area contributed by atoms with Gasteiger partial charge in [-0.2, -0.15) is 0 Å². The molecule has 0 amide bonds. The van der Waals surface area contributed by atoms with E-state index in [2.05, 4.69) is 82.2 Å². The second-order valence-corrected chi connectivity index (χ2v) is 9.72. The summed E-state index contributed by atoms with van der Waals surface area (Å²) < 4.78 is 0. The molecular weight excluding hydrogens is 515 g/mol.